The van der Waals surface area contributed by atoms with Crippen molar-refractivity contribution in [1.29, 1.82) is 0 Å². The van der Waals surface area contributed by atoms with Gasteiger partial charge < -0.3 is 57.9 Å². The van der Waals surface area contributed by atoms with Crippen LogP contribution in [0.3, 0.4) is 0 Å². The Morgan fingerprint density at radius 3 is 1.00 bits per heavy atom. The number of nitrogens with two attached hydrogens (primary N) is 3. The molecule has 0 rings (SSSR count). The van der Waals surface area contributed by atoms with Crippen molar-refractivity contribution in [3.63, 3.8) is 0 Å². The van der Waals surface area contributed by atoms with Gasteiger partial charge in [-0.15, -0.1) is 0 Å². The van der Waals surface area contributed by atoms with E-state index >= 15 is 0 Å². The maximum Gasteiger partial charge on any atom is 2.00 e. The van der Waals surface area contributed by atoms with Crippen molar-refractivity contribution in [2.75, 3.05) is 39.3 Å². The van der Waals surface area contributed by atoms with Crippen molar-refractivity contribution in [1.82, 2.24) is 4.90 Å². The van der Waals surface area contributed by atoms with E-state index in [-0.39, 0.29) is 55.2 Å². The topological polar surface area (TPSA) is 144 Å². The fourth-order valence-corrected chi connectivity index (χ4v) is 1.28. The Hall–Kier alpha value is 0.963. The summed E-state index contributed by atoms with van der Waals surface area (Å²) < 4.78 is 0. The second-order valence-electron chi connectivity index (χ2n) is 3.27. The van der Waals surface area contributed by atoms with E-state index in [9.17, 15) is 0 Å². The maximum absolute atomic E-state index is 5.46. The van der Waals surface area contributed by atoms with E-state index in [2.05, 4.69) is 4.90 Å². The van der Waals surface area contributed by atoms with Crippen LogP contribution in [0.1, 0.15) is 19.3 Å². The van der Waals surface area contributed by atoms with E-state index < -0.39 is 0 Å². The zero-order chi connectivity index (χ0) is 9.94. The molecule has 0 bridgehead atoms. The minimum Gasteiger partial charge on any atom is -1.00 e. The van der Waals surface area contributed by atoms with Gasteiger partial charge in [0.25, 0.3) is 0 Å². The van der Waals surface area contributed by atoms with E-state index in [1.165, 1.54) is 0 Å². The van der Waals surface area contributed by atoms with Crippen LogP contribution in [0.15, 0.2) is 0 Å². The van der Waals surface area contributed by atoms with Crippen LogP contribution in [-0.2, 0) is 19.5 Å². The molecule has 0 aliphatic carbocycles. The Bertz CT molecular complexity index is 102. The van der Waals surface area contributed by atoms with Crippen molar-refractivity contribution in [3.8, 4) is 0 Å². The summed E-state index contributed by atoms with van der Waals surface area (Å²) in [5.74, 6) is 0. The van der Waals surface area contributed by atoms with Gasteiger partial charge in [0.15, 0.2) is 0 Å². The summed E-state index contributed by atoms with van der Waals surface area (Å²) >= 11 is 0. The summed E-state index contributed by atoms with van der Waals surface area (Å²) in [7, 11) is 0. The van der Waals surface area contributed by atoms with Crippen molar-refractivity contribution >= 4 is 0 Å². The molecule has 0 saturated carbocycles. The molecule has 0 spiro atoms. The summed E-state index contributed by atoms with van der Waals surface area (Å²) in [6, 6.07) is 0. The van der Waals surface area contributed by atoms with Crippen LogP contribution in [0.25, 0.3) is 0 Å². The average molecular weight is 361 g/mol. The van der Waals surface area contributed by atoms with Crippen molar-refractivity contribution in [3.05, 3.63) is 0 Å². The molecule has 0 aromatic heterocycles. The molecule has 0 fully saturated rings. The van der Waals surface area contributed by atoms with Gasteiger partial charge in [-0.25, -0.2) is 0 Å². The number of rotatable bonds is 9. The Balaban J connectivity index is -0.0000000720. The monoisotopic (exact) mass is 358 g/mol. The molecule has 0 saturated heterocycles. The summed E-state index contributed by atoms with van der Waals surface area (Å²) in [5, 5.41) is 0. The first-order chi connectivity index (χ1) is 6.35. The molecular formula is C9H28Cl2N4O2Zn. The first-order valence-electron chi connectivity index (χ1n) is 5.17. The molecule has 112 valence electrons. The zero-order valence-corrected chi connectivity index (χ0v) is 15.5. The van der Waals surface area contributed by atoms with E-state index in [1.807, 2.05) is 0 Å². The van der Waals surface area contributed by atoms with E-state index in [0.29, 0.717) is 0 Å². The quantitative estimate of drug-likeness (QED) is 0.351. The molecule has 0 atom stereocenters. The first-order valence-corrected chi connectivity index (χ1v) is 5.17. The molecule has 18 heavy (non-hydrogen) atoms. The zero-order valence-electron chi connectivity index (χ0n) is 11.0. The Morgan fingerprint density at radius 1 is 0.611 bits per heavy atom. The smallest absolute Gasteiger partial charge is 1.00 e. The van der Waals surface area contributed by atoms with Crippen LogP contribution >= 0.6 is 0 Å². The van der Waals surface area contributed by atoms with E-state index in [4.69, 9.17) is 17.2 Å². The molecule has 10 N–H and O–H groups in total. The molecule has 0 aliphatic heterocycles. The molecule has 0 heterocycles. The van der Waals surface area contributed by atoms with Gasteiger partial charge in [-0.3, -0.25) is 0 Å². The summed E-state index contributed by atoms with van der Waals surface area (Å²) in [6.45, 7) is 5.54. The molecule has 0 aliphatic rings. The van der Waals surface area contributed by atoms with Crippen LogP contribution in [-0.4, -0.2) is 55.1 Å². The third-order valence-corrected chi connectivity index (χ3v) is 2.04. The second-order valence-corrected chi connectivity index (χ2v) is 3.27. The SMILES string of the molecule is NCCCN(CCCN)CCCN.O.O.[Cl-].[Cl-].[Zn+2]. The second kappa shape index (κ2) is 30.8. The first kappa shape index (κ1) is 36.4. The fourth-order valence-electron chi connectivity index (χ4n) is 1.28. The number of hydrogen-bond acceptors (Lipinski definition) is 4. The largest absolute Gasteiger partial charge is 2.00 e. The molecule has 0 aromatic rings. The average Bonchev–Trinajstić information content (AvgIpc) is 2.17. The Morgan fingerprint density at radius 2 is 0.833 bits per heavy atom. The van der Waals surface area contributed by atoms with Crippen molar-refractivity contribution in [2.45, 2.75) is 19.3 Å². The predicted octanol–water partition coefficient (Wildman–Crippen LogP) is -8.31. The summed E-state index contributed by atoms with van der Waals surface area (Å²) in [6.07, 6.45) is 3.19. The molecule has 0 aromatic carbocycles. The molecular weight excluding hydrogens is 332 g/mol. The van der Waals surface area contributed by atoms with Crippen LogP contribution in [0.4, 0.5) is 0 Å². The molecule has 9 heteroatoms. The molecule has 6 nitrogen and oxygen atoms in total. The van der Waals surface area contributed by atoms with E-state index in [0.717, 1.165) is 58.5 Å². The van der Waals surface area contributed by atoms with E-state index in [1.54, 1.807) is 0 Å². The summed E-state index contributed by atoms with van der Waals surface area (Å²) in [5.41, 5.74) is 16.4. The molecule has 0 amide bonds. The maximum atomic E-state index is 5.46. The standard InChI is InChI=1S/C9H24N4.2ClH.2H2O.Zn/c10-4-1-7-13(8-2-5-11)9-3-6-12;;;;;/h1-12H2;2*1H;2*1H2;/q;;;;;+2/p-2. The minimum atomic E-state index is 0. The van der Waals surface area contributed by atoms with Crippen LogP contribution in [0, 0.1) is 0 Å². The Kier molecular flexibility index (Phi) is 62.2. The van der Waals surface area contributed by atoms with Crippen LogP contribution in [0.2, 0.25) is 0 Å². The van der Waals surface area contributed by atoms with Gasteiger partial charge in [0, 0.05) is 0 Å². The van der Waals surface area contributed by atoms with Gasteiger partial charge in [-0.2, -0.15) is 0 Å². The van der Waals surface area contributed by atoms with Gasteiger partial charge in [-0.05, 0) is 58.5 Å². The summed E-state index contributed by atoms with van der Waals surface area (Å²) in [4.78, 5) is 2.40. The molecule has 0 radical (unpaired) electrons. The molecule has 0 unspecified atom stereocenters. The van der Waals surface area contributed by atoms with Crippen molar-refractivity contribution in [2.24, 2.45) is 17.2 Å². The van der Waals surface area contributed by atoms with Crippen molar-refractivity contribution < 1.29 is 55.2 Å². The van der Waals surface area contributed by atoms with Crippen LogP contribution in [0.5, 0.6) is 0 Å². The fraction of sp³-hybridized carbons (Fsp3) is 1.00. The normalized spacial score (nSPS) is 8.00. The third kappa shape index (κ3) is 25.7. The predicted molar refractivity (Wildman–Crippen MR) is 64.7 cm³/mol. The Labute approximate surface area is 136 Å². The van der Waals surface area contributed by atoms with Gasteiger partial charge >= 0.3 is 19.5 Å². The third-order valence-electron chi connectivity index (χ3n) is 2.04. The minimum absolute atomic E-state index is 0. The number of halogens is 2. The number of hydrogen-bond donors (Lipinski definition) is 3. The van der Waals surface area contributed by atoms with Gasteiger partial charge in [0.1, 0.15) is 0 Å². The van der Waals surface area contributed by atoms with Gasteiger partial charge in [-0.1, -0.05) is 0 Å². The van der Waals surface area contributed by atoms with Gasteiger partial charge in [0.2, 0.25) is 0 Å². The van der Waals surface area contributed by atoms with Gasteiger partial charge in [0.05, 0.1) is 0 Å². The van der Waals surface area contributed by atoms with Crippen LogP contribution < -0.4 is 42.0 Å². The number of nitrogens with zero attached hydrogens (tertiary/aromatic N) is 1.